The number of halogens is 1. The van der Waals surface area contributed by atoms with Crippen molar-refractivity contribution in [3.63, 3.8) is 0 Å². The van der Waals surface area contributed by atoms with Crippen LogP contribution in [0.25, 0.3) is 22.0 Å². The first-order valence-corrected chi connectivity index (χ1v) is 7.74. The molecule has 0 spiro atoms. The molecule has 0 N–H and O–H groups in total. The number of nitrogens with zero attached hydrogens (tertiary/aromatic N) is 2. The zero-order chi connectivity index (χ0) is 16.6. The fourth-order valence-electron chi connectivity index (χ4n) is 2.78. The van der Waals surface area contributed by atoms with Gasteiger partial charge in [0.05, 0.1) is 11.1 Å². The molecule has 3 aromatic rings. The summed E-state index contributed by atoms with van der Waals surface area (Å²) in [4.78, 5) is 18.9. The Morgan fingerprint density at radius 3 is 2.39 bits per heavy atom. The van der Waals surface area contributed by atoms with Gasteiger partial charge in [-0.25, -0.2) is 4.98 Å². The van der Waals surface area contributed by atoms with E-state index in [4.69, 9.17) is 11.6 Å². The highest BCUT2D eigenvalue weighted by Crippen LogP contribution is 2.37. The Labute approximate surface area is 140 Å². The maximum absolute atomic E-state index is 12.4. The lowest BCUT2D eigenvalue weighted by Crippen LogP contribution is -2.16. The predicted molar refractivity (Wildman–Crippen MR) is 96.5 cm³/mol. The largest absolute Gasteiger partial charge is 0.362 e. The third-order valence-corrected chi connectivity index (χ3v) is 4.00. The van der Waals surface area contributed by atoms with Gasteiger partial charge in [0, 0.05) is 30.1 Å². The van der Waals surface area contributed by atoms with Crippen molar-refractivity contribution in [1.82, 2.24) is 4.98 Å². The number of anilines is 1. The zero-order valence-electron chi connectivity index (χ0n) is 13.3. The summed E-state index contributed by atoms with van der Waals surface area (Å²) in [7, 11) is 3.79. The lowest BCUT2D eigenvalue weighted by atomic mass is 9.93. The summed E-state index contributed by atoms with van der Waals surface area (Å²) < 4.78 is 0. The summed E-state index contributed by atoms with van der Waals surface area (Å²) in [5, 5.41) is 1.52. The van der Waals surface area contributed by atoms with Crippen molar-refractivity contribution in [3.05, 3.63) is 59.1 Å². The van der Waals surface area contributed by atoms with Gasteiger partial charge in [0.25, 0.3) is 0 Å². The number of carbonyl (C=O) groups excluding carboxylic acids is 1. The first kappa shape index (κ1) is 15.5. The molecule has 0 aliphatic heterocycles. The number of Topliss-reactive ketones (excluding diaryl/α,β-unsaturated/α-hetero) is 1. The van der Waals surface area contributed by atoms with Crippen LogP contribution in [-0.2, 0) is 0 Å². The van der Waals surface area contributed by atoms with E-state index in [2.05, 4.69) is 4.98 Å². The van der Waals surface area contributed by atoms with Crippen LogP contribution in [0.2, 0.25) is 5.02 Å². The van der Waals surface area contributed by atoms with E-state index < -0.39 is 0 Å². The minimum Gasteiger partial charge on any atom is -0.362 e. The first-order valence-electron chi connectivity index (χ1n) is 7.36. The van der Waals surface area contributed by atoms with Gasteiger partial charge >= 0.3 is 0 Å². The summed E-state index contributed by atoms with van der Waals surface area (Å²) in [5.74, 6) is 0.660. The normalized spacial score (nSPS) is 10.8. The smallest absolute Gasteiger partial charge is 0.164 e. The zero-order valence-corrected chi connectivity index (χ0v) is 14.1. The van der Waals surface area contributed by atoms with Crippen LogP contribution in [0.4, 0.5) is 5.82 Å². The Kier molecular flexibility index (Phi) is 4.05. The summed E-state index contributed by atoms with van der Waals surface area (Å²) in [6.45, 7) is 1.58. The number of hydrogen-bond acceptors (Lipinski definition) is 3. The van der Waals surface area contributed by atoms with Gasteiger partial charge in [-0.15, -0.1) is 0 Å². The summed E-state index contributed by atoms with van der Waals surface area (Å²) in [6, 6.07) is 15.5. The lowest BCUT2D eigenvalue weighted by Gasteiger charge is -2.20. The second-order valence-corrected chi connectivity index (χ2v) is 6.10. The Bertz CT molecular complexity index is 889. The minimum atomic E-state index is -0.0121. The van der Waals surface area contributed by atoms with E-state index in [-0.39, 0.29) is 5.78 Å². The van der Waals surface area contributed by atoms with Gasteiger partial charge in [0.2, 0.25) is 0 Å². The van der Waals surface area contributed by atoms with Crippen molar-refractivity contribution in [3.8, 4) is 11.1 Å². The quantitative estimate of drug-likeness (QED) is 0.647. The number of rotatable bonds is 3. The SMILES string of the molecule is CC(=O)c1c(N(C)C)nc2ccc(Cl)cc2c1-c1ccccc1. The minimum absolute atomic E-state index is 0.0121. The highest BCUT2D eigenvalue weighted by Gasteiger charge is 2.21. The van der Waals surface area contributed by atoms with E-state index in [0.717, 1.165) is 22.0 Å². The van der Waals surface area contributed by atoms with Crippen molar-refractivity contribution >= 4 is 34.1 Å². The van der Waals surface area contributed by atoms with Gasteiger partial charge in [-0.05, 0) is 30.7 Å². The van der Waals surface area contributed by atoms with Crippen molar-refractivity contribution < 1.29 is 4.79 Å². The molecule has 23 heavy (non-hydrogen) atoms. The third-order valence-electron chi connectivity index (χ3n) is 3.77. The highest BCUT2D eigenvalue weighted by atomic mass is 35.5. The molecule has 1 heterocycles. The van der Waals surface area contributed by atoms with Gasteiger partial charge in [0.1, 0.15) is 5.82 Å². The molecule has 3 rings (SSSR count). The Balaban J connectivity index is 2.52. The molecule has 2 aromatic carbocycles. The highest BCUT2D eigenvalue weighted by molar-refractivity contribution is 6.31. The van der Waals surface area contributed by atoms with Crippen molar-refractivity contribution in [2.75, 3.05) is 19.0 Å². The lowest BCUT2D eigenvalue weighted by molar-refractivity contribution is 0.101. The third kappa shape index (κ3) is 2.80. The van der Waals surface area contributed by atoms with Gasteiger partial charge in [-0.2, -0.15) is 0 Å². The van der Waals surface area contributed by atoms with Crippen LogP contribution in [0, 0.1) is 0 Å². The number of benzene rings is 2. The van der Waals surface area contributed by atoms with Crippen LogP contribution in [0.3, 0.4) is 0 Å². The number of fused-ring (bicyclic) bond motifs is 1. The van der Waals surface area contributed by atoms with E-state index in [0.29, 0.717) is 16.4 Å². The second kappa shape index (κ2) is 6.01. The summed E-state index contributed by atoms with van der Waals surface area (Å²) in [6.07, 6.45) is 0. The van der Waals surface area contributed by atoms with E-state index in [9.17, 15) is 4.79 Å². The Hall–Kier alpha value is -2.39. The molecule has 0 atom stereocenters. The van der Waals surface area contributed by atoms with Gasteiger partial charge in [-0.1, -0.05) is 41.9 Å². The molecular weight excluding hydrogens is 308 g/mol. The van der Waals surface area contributed by atoms with Gasteiger partial charge < -0.3 is 4.90 Å². The topological polar surface area (TPSA) is 33.2 Å². The van der Waals surface area contributed by atoms with Crippen molar-refractivity contribution in [2.45, 2.75) is 6.92 Å². The summed E-state index contributed by atoms with van der Waals surface area (Å²) >= 11 is 6.19. The fraction of sp³-hybridized carbons (Fsp3) is 0.158. The average Bonchev–Trinajstić information content (AvgIpc) is 2.53. The molecular formula is C19H17ClN2O. The number of ketones is 1. The van der Waals surface area contributed by atoms with Crippen LogP contribution >= 0.6 is 11.6 Å². The van der Waals surface area contributed by atoms with Crippen molar-refractivity contribution in [1.29, 1.82) is 0 Å². The van der Waals surface area contributed by atoms with Gasteiger partial charge in [-0.3, -0.25) is 4.79 Å². The molecule has 0 bridgehead atoms. The molecule has 4 heteroatoms. The van der Waals surface area contributed by atoms with Crippen molar-refractivity contribution in [2.24, 2.45) is 0 Å². The average molecular weight is 325 g/mol. The molecule has 0 amide bonds. The van der Waals surface area contributed by atoms with Crippen LogP contribution in [0.1, 0.15) is 17.3 Å². The van der Waals surface area contributed by atoms with Gasteiger partial charge in [0.15, 0.2) is 5.78 Å². The van der Waals surface area contributed by atoms with Crippen LogP contribution in [0.15, 0.2) is 48.5 Å². The van der Waals surface area contributed by atoms with Crippen LogP contribution in [0.5, 0.6) is 0 Å². The van der Waals surface area contributed by atoms with E-state index in [1.165, 1.54) is 0 Å². The second-order valence-electron chi connectivity index (χ2n) is 5.66. The Morgan fingerprint density at radius 1 is 1.09 bits per heavy atom. The number of aromatic nitrogens is 1. The Morgan fingerprint density at radius 2 is 1.78 bits per heavy atom. The fourth-order valence-corrected chi connectivity index (χ4v) is 2.96. The maximum atomic E-state index is 12.4. The molecule has 0 saturated carbocycles. The number of hydrogen-bond donors (Lipinski definition) is 0. The predicted octanol–water partition coefficient (Wildman–Crippen LogP) is 4.82. The van der Waals surface area contributed by atoms with E-state index in [1.807, 2.05) is 67.5 Å². The van der Waals surface area contributed by atoms with E-state index >= 15 is 0 Å². The molecule has 116 valence electrons. The number of carbonyl (C=O) groups is 1. The molecule has 0 fully saturated rings. The monoisotopic (exact) mass is 324 g/mol. The molecule has 3 nitrogen and oxygen atoms in total. The molecule has 0 radical (unpaired) electrons. The van der Waals surface area contributed by atoms with Crippen LogP contribution < -0.4 is 4.90 Å². The summed E-state index contributed by atoms with van der Waals surface area (Å²) in [5.41, 5.74) is 3.31. The molecule has 0 saturated heterocycles. The first-order chi connectivity index (χ1) is 11.0. The van der Waals surface area contributed by atoms with Crippen LogP contribution in [-0.4, -0.2) is 24.9 Å². The van der Waals surface area contributed by atoms with E-state index in [1.54, 1.807) is 6.92 Å². The maximum Gasteiger partial charge on any atom is 0.164 e. The molecule has 0 unspecified atom stereocenters. The standard InChI is InChI=1S/C19H17ClN2O/c1-12(23)17-18(13-7-5-4-6-8-13)15-11-14(20)9-10-16(15)21-19(17)22(2)3/h4-11H,1-3H3. The number of pyridine rings is 1. The molecule has 1 aromatic heterocycles. The molecule has 0 aliphatic carbocycles. The molecule has 0 aliphatic rings.